The van der Waals surface area contributed by atoms with Crippen LogP contribution in [0.2, 0.25) is 17.3 Å². The number of rotatable bonds is 5. The van der Waals surface area contributed by atoms with Gasteiger partial charge in [0.1, 0.15) is 5.58 Å². The number of benzene rings is 4. The van der Waals surface area contributed by atoms with Crippen molar-refractivity contribution >= 4 is 39.6 Å². The molecular formula is C42H40GeIrN2O-2. The standard InChI is InChI=1S/C27H22NO.C15H18GeN.Ir/c1-17(2)23-15-25(28-16-18(23)3)22-11-7-10-21-24-14-20(19-8-5-4-6-9-19)12-13-26(24)29-27(21)22;1-12-10-15(13-8-6-5-7-9-13)17-11-14(12)16(2,3)4;/h4-10,12-17H,1-3H3;5-8,10-11H,1-4H3;/q2*-1;. The van der Waals surface area contributed by atoms with Crippen LogP contribution in [0.5, 0.6) is 0 Å². The summed E-state index contributed by atoms with van der Waals surface area (Å²) in [5, 5.41) is 2.22. The molecule has 1 radical (unpaired) electrons. The molecule has 0 bridgehead atoms. The third-order valence-electron chi connectivity index (χ3n) is 8.47. The van der Waals surface area contributed by atoms with Gasteiger partial charge in [-0.15, -0.1) is 18.2 Å². The second-order valence-corrected chi connectivity index (χ2v) is 23.8. The molecule has 0 fully saturated rings. The fourth-order valence-electron chi connectivity index (χ4n) is 6.08. The van der Waals surface area contributed by atoms with E-state index in [-0.39, 0.29) is 20.1 Å². The Kier molecular flexibility index (Phi) is 10.7. The first kappa shape index (κ1) is 34.5. The fraction of sp³-hybridized carbons (Fsp3) is 0.190. The van der Waals surface area contributed by atoms with Crippen LogP contribution in [0.25, 0.3) is 55.6 Å². The summed E-state index contributed by atoms with van der Waals surface area (Å²) in [7, 11) is 0. The maximum absolute atomic E-state index is 6.29. The quantitative estimate of drug-likeness (QED) is 0.128. The van der Waals surface area contributed by atoms with E-state index in [1.54, 1.807) is 0 Å². The molecule has 0 aliphatic carbocycles. The predicted molar refractivity (Wildman–Crippen MR) is 196 cm³/mol. The first-order chi connectivity index (χ1) is 22.1. The van der Waals surface area contributed by atoms with Gasteiger partial charge in [0, 0.05) is 31.7 Å². The molecule has 47 heavy (non-hydrogen) atoms. The molecule has 0 saturated heterocycles. The second kappa shape index (κ2) is 14.5. The Hall–Kier alpha value is -3.83. The number of nitrogens with zero attached hydrogens (tertiary/aromatic N) is 2. The summed E-state index contributed by atoms with van der Waals surface area (Å²) in [6.45, 7) is 8.73. The summed E-state index contributed by atoms with van der Waals surface area (Å²) in [5.41, 5.74) is 11.9. The second-order valence-electron chi connectivity index (χ2n) is 13.3. The Balaban J connectivity index is 0.000000207. The zero-order valence-corrected chi connectivity index (χ0v) is 32.6. The van der Waals surface area contributed by atoms with Crippen LogP contribution in [-0.2, 0) is 20.1 Å². The number of furan rings is 1. The molecule has 5 heteroatoms. The first-order valence-electron chi connectivity index (χ1n) is 15.9. The topological polar surface area (TPSA) is 38.9 Å². The molecule has 0 atom stereocenters. The molecule has 0 aliphatic rings. The van der Waals surface area contributed by atoms with E-state index in [2.05, 4.69) is 140 Å². The average molecular weight is 854 g/mol. The van der Waals surface area contributed by atoms with Crippen LogP contribution < -0.4 is 4.40 Å². The van der Waals surface area contributed by atoms with Crippen LogP contribution in [0.3, 0.4) is 0 Å². The van der Waals surface area contributed by atoms with Crippen molar-refractivity contribution in [1.82, 2.24) is 9.97 Å². The fourth-order valence-corrected chi connectivity index (χ4v) is 9.66. The number of aromatic nitrogens is 2. The molecule has 4 aromatic carbocycles. The minimum atomic E-state index is -1.77. The smallest absolute Gasteiger partial charge is 0.120 e. The minimum absolute atomic E-state index is 0. The van der Waals surface area contributed by atoms with Crippen LogP contribution in [0.15, 0.2) is 114 Å². The van der Waals surface area contributed by atoms with E-state index in [9.17, 15) is 0 Å². The maximum Gasteiger partial charge on any atom is 0.120 e. The number of fused-ring (bicyclic) bond motifs is 3. The van der Waals surface area contributed by atoms with Gasteiger partial charge in [-0.05, 0) is 52.9 Å². The average Bonchev–Trinajstić information content (AvgIpc) is 3.44. The van der Waals surface area contributed by atoms with Crippen LogP contribution in [0, 0.1) is 26.0 Å². The van der Waals surface area contributed by atoms with Gasteiger partial charge in [-0.3, -0.25) is 0 Å². The summed E-state index contributed by atoms with van der Waals surface area (Å²) in [4.78, 5) is 9.28. The molecule has 0 amide bonds. The molecule has 3 aromatic heterocycles. The SMILES string of the molecule is Cc1cc(-c2[c-]cccc2)nc[c]1[Ge]([CH3])([CH3])[CH3].Cc1cnc(-c2[c-]ccc3c2oc2ccc(-c4ccccc4)cc23)cc1C(C)C.[Ir]. The molecule has 0 spiro atoms. The summed E-state index contributed by atoms with van der Waals surface area (Å²) in [5.74, 6) is 7.65. The monoisotopic (exact) mass is 855 g/mol. The summed E-state index contributed by atoms with van der Waals surface area (Å²) < 4.78 is 7.78. The maximum atomic E-state index is 6.29. The number of hydrogen-bond donors (Lipinski definition) is 0. The summed E-state index contributed by atoms with van der Waals surface area (Å²) in [6.07, 6.45) is 4.03. The Bertz CT molecular complexity index is 2130. The van der Waals surface area contributed by atoms with Crippen molar-refractivity contribution in [3.8, 4) is 33.6 Å². The molecule has 0 saturated carbocycles. The van der Waals surface area contributed by atoms with Crippen LogP contribution in [-0.4, -0.2) is 23.2 Å². The Morgan fingerprint density at radius 2 is 1.43 bits per heavy atom. The minimum Gasteiger partial charge on any atom is -0.501 e. The van der Waals surface area contributed by atoms with E-state index in [1.165, 1.54) is 32.2 Å². The van der Waals surface area contributed by atoms with E-state index >= 15 is 0 Å². The van der Waals surface area contributed by atoms with Crippen molar-refractivity contribution in [1.29, 1.82) is 0 Å². The van der Waals surface area contributed by atoms with Gasteiger partial charge in [0.2, 0.25) is 0 Å². The zero-order valence-electron chi connectivity index (χ0n) is 28.1. The number of hydrogen-bond acceptors (Lipinski definition) is 3. The Labute approximate surface area is 295 Å². The van der Waals surface area contributed by atoms with Gasteiger partial charge in [0.25, 0.3) is 0 Å². The molecule has 0 unspecified atom stereocenters. The zero-order chi connectivity index (χ0) is 32.4. The molecule has 3 nitrogen and oxygen atoms in total. The number of pyridine rings is 2. The van der Waals surface area contributed by atoms with Crippen molar-refractivity contribution in [3.63, 3.8) is 0 Å². The van der Waals surface area contributed by atoms with Crippen LogP contribution in [0.4, 0.5) is 0 Å². The molecule has 7 rings (SSSR count). The Morgan fingerprint density at radius 1 is 0.681 bits per heavy atom. The molecule has 0 aliphatic heterocycles. The van der Waals surface area contributed by atoms with E-state index in [1.807, 2.05) is 36.5 Å². The van der Waals surface area contributed by atoms with Gasteiger partial charge in [-0.2, -0.15) is 0 Å². The molecule has 7 aromatic rings. The van der Waals surface area contributed by atoms with E-state index < -0.39 is 13.3 Å². The van der Waals surface area contributed by atoms with E-state index in [0.717, 1.165) is 44.5 Å². The van der Waals surface area contributed by atoms with Gasteiger partial charge in [-0.1, -0.05) is 67.3 Å². The predicted octanol–water partition coefficient (Wildman–Crippen LogP) is 10.9. The third kappa shape index (κ3) is 7.51. The number of aryl methyl sites for hydroxylation is 2. The Morgan fingerprint density at radius 3 is 2.11 bits per heavy atom. The third-order valence-corrected chi connectivity index (χ3v) is 13.0. The molecular weight excluding hydrogens is 813 g/mol. The molecule has 3 heterocycles. The van der Waals surface area contributed by atoms with E-state index in [4.69, 9.17) is 4.42 Å². The summed E-state index contributed by atoms with van der Waals surface area (Å²) >= 11 is -1.77. The van der Waals surface area contributed by atoms with Crippen LogP contribution in [0.1, 0.15) is 36.5 Å². The van der Waals surface area contributed by atoms with Crippen molar-refractivity contribution < 1.29 is 24.5 Å². The van der Waals surface area contributed by atoms with Crippen molar-refractivity contribution in [2.75, 3.05) is 0 Å². The molecule has 239 valence electrons. The van der Waals surface area contributed by atoms with Gasteiger partial charge in [0.15, 0.2) is 0 Å². The van der Waals surface area contributed by atoms with Crippen LogP contribution >= 0.6 is 0 Å². The van der Waals surface area contributed by atoms with E-state index in [0.29, 0.717) is 5.92 Å². The molecule has 0 N–H and O–H groups in total. The van der Waals surface area contributed by atoms with Gasteiger partial charge in [0.05, 0.1) is 5.58 Å². The van der Waals surface area contributed by atoms with Crippen molar-refractivity contribution in [2.24, 2.45) is 0 Å². The van der Waals surface area contributed by atoms with Gasteiger partial charge < -0.3 is 9.40 Å². The normalized spacial score (nSPS) is 11.3. The van der Waals surface area contributed by atoms with Crippen molar-refractivity contribution in [3.05, 3.63) is 138 Å². The van der Waals surface area contributed by atoms with Gasteiger partial charge in [-0.25, -0.2) is 0 Å². The van der Waals surface area contributed by atoms with Gasteiger partial charge >= 0.3 is 106 Å². The summed E-state index contributed by atoms with van der Waals surface area (Å²) in [6, 6.07) is 39.8. The van der Waals surface area contributed by atoms with Crippen molar-refractivity contribution in [2.45, 2.75) is 50.9 Å². The largest absolute Gasteiger partial charge is 0.501 e. The first-order valence-corrected chi connectivity index (χ1v) is 23.3.